The van der Waals surface area contributed by atoms with Crippen molar-refractivity contribution >= 4 is 35.7 Å². The molecule has 41 heavy (non-hydrogen) atoms. The number of imidazole rings is 1. The number of fused-ring (bicyclic) bond motifs is 2. The first-order valence-corrected chi connectivity index (χ1v) is 13.8. The zero-order valence-electron chi connectivity index (χ0n) is 24.4. The zero-order valence-corrected chi connectivity index (χ0v) is 25.1. The van der Waals surface area contributed by atoms with E-state index < -0.39 is 12.1 Å². The van der Waals surface area contributed by atoms with Crippen molar-refractivity contribution in [1.82, 2.24) is 30.1 Å². The standard InChI is InChI=1S/C20H18ClN5O.C5H10N2O.C5H12O/c1-26-11-23-10-18(26)19(25-20(22)27)16-7-13-3-2-6-24-17(13)8-12-4-5-14(21)9-15(12)16;8-5-7-3-1-6-2-4-7;1-5(2,3)6-4/h2-7,9-11,19H,8H2,1H3,(H3,22,25,27);5-6H,1-4H2;1-4H3. The number of nitrogens with two attached hydrogens (primary N) is 1. The molecular formula is C30H40ClN7O3. The van der Waals surface area contributed by atoms with Gasteiger partial charge in [0.05, 0.1) is 35.6 Å². The van der Waals surface area contributed by atoms with Crippen LogP contribution in [0.2, 0.25) is 5.02 Å². The first-order valence-electron chi connectivity index (χ1n) is 13.4. The number of amides is 3. The number of hydrogen-bond acceptors (Lipinski definition) is 6. The molecule has 0 saturated carbocycles. The highest BCUT2D eigenvalue weighted by atomic mass is 35.5. The molecule has 1 atom stereocenters. The van der Waals surface area contributed by atoms with E-state index in [9.17, 15) is 9.59 Å². The fraction of sp³-hybridized carbons (Fsp3) is 0.400. The van der Waals surface area contributed by atoms with E-state index >= 15 is 0 Å². The third-order valence-corrected chi connectivity index (χ3v) is 6.87. The van der Waals surface area contributed by atoms with Gasteiger partial charge in [-0.1, -0.05) is 23.7 Å². The Morgan fingerprint density at radius 2 is 1.95 bits per heavy atom. The maximum absolute atomic E-state index is 11.8. The second kappa shape index (κ2) is 14.8. The number of benzene rings is 1. The molecule has 220 valence electrons. The van der Waals surface area contributed by atoms with E-state index in [2.05, 4.69) is 20.6 Å². The number of methoxy groups -OCH3 is 1. The van der Waals surface area contributed by atoms with Gasteiger partial charge in [-0.3, -0.25) is 9.78 Å². The SMILES string of the molecule is COC(C)(C)C.Cn1cncc1C(NC(N)=O)C1=Cc2cccnc2Cc2ccc(Cl)cc21.O=CN1CCNCC1. The van der Waals surface area contributed by atoms with Crippen LogP contribution in [0, 0.1) is 0 Å². The molecule has 0 radical (unpaired) electrons. The number of nitrogens with zero attached hydrogens (tertiary/aromatic N) is 4. The average molecular weight is 582 g/mol. The molecule has 1 aliphatic carbocycles. The number of pyridine rings is 1. The van der Waals surface area contributed by atoms with Gasteiger partial charge in [-0.2, -0.15) is 0 Å². The third kappa shape index (κ3) is 9.41. The van der Waals surface area contributed by atoms with E-state index in [0.29, 0.717) is 11.4 Å². The highest BCUT2D eigenvalue weighted by molar-refractivity contribution is 6.30. The maximum Gasteiger partial charge on any atom is 0.312 e. The normalized spacial score (nSPS) is 14.9. The lowest BCUT2D eigenvalue weighted by Gasteiger charge is -2.23. The number of halogens is 1. The molecule has 2 aromatic heterocycles. The number of hydrogen-bond donors (Lipinski definition) is 3. The Kier molecular flexibility index (Phi) is 11.5. The Morgan fingerprint density at radius 3 is 2.51 bits per heavy atom. The van der Waals surface area contributed by atoms with E-state index in [1.807, 2.05) is 68.8 Å². The van der Waals surface area contributed by atoms with Gasteiger partial charge >= 0.3 is 6.03 Å². The molecule has 3 heterocycles. The van der Waals surface area contributed by atoms with Gasteiger partial charge in [0.1, 0.15) is 0 Å². The summed E-state index contributed by atoms with van der Waals surface area (Å²) < 4.78 is 6.80. The number of nitrogens with one attached hydrogen (secondary N) is 2. The van der Waals surface area contributed by atoms with Crippen LogP contribution < -0.4 is 16.4 Å². The molecule has 3 aromatic rings. The van der Waals surface area contributed by atoms with E-state index in [-0.39, 0.29) is 5.60 Å². The third-order valence-electron chi connectivity index (χ3n) is 6.64. The molecule has 0 spiro atoms. The summed E-state index contributed by atoms with van der Waals surface area (Å²) in [5.74, 6) is 0. The Balaban J connectivity index is 0.000000272. The lowest BCUT2D eigenvalue weighted by atomic mass is 9.92. The Labute approximate surface area is 246 Å². The van der Waals surface area contributed by atoms with Gasteiger partial charge in [0.25, 0.3) is 0 Å². The van der Waals surface area contributed by atoms with Crippen LogP contribution in [0.25, 0.3) is 11.6 Å². The first-order chi connectivity index (χ1) is 19.5. The van der Waals surface area contributed by atoms with Gasteiger partial charge in [0, 0.05) is 58.0 Å². The van der Waals surface area contributed by atoms with Gasteiger partial charge in [-0.15, -0.1) is 0 Å². The second-order valence-electron chi connectivity index (χ2n) is 10.7. The van der Waals surface area contributed by atoms with Crippen molar-refractivity contribution in [3.8, 4) is 0 Å². The summed E-state index contributed by atoms with van der Waals surface area (Å²) in [6.45, 7) is 9.68. The minimum absolute atomic E-state index is 0.0417. The smallest absolute Gasteiger partial charge is 0.312 e. The molecule has 1 unspecified atom stereocenters. The van der Waals surface area contributed by atoms with Crippen molar-refractivity contribution in [2.75, 3.05) is 33.3 Å². The second-order valence-corrected chi connectivity index (χ2v) is 11.1. The van der Waals surface area contributed by atoms with E-state index in [0.717, 1.165) is 66.2 Å². The number of primary amides is 1. The summed E-state index contributed by atoms with van der Waals surface area (Å²) in [6, 6.07) is 8.61. The molecule has 2 aliphatic rings. The van der Waals surface area contributed by atoms with Crippen LogP contribution in [0.5, 0.6) is 0 Å². The van der Waals surface area contributed by atoms with Crippen molar-refractivity contribution in [2.24, 2.45) is 12.8 Å². The number of rotatable bonds is 4. The predicted molar refractivity (Wildman–Crippen MR) is 162 cm³/mol. The summed E-state index contributed by atoms with van der Waals surface area (Å²) in [5, 5.41) is 6.63. The predicted octanol–water partition coefficient (Wildman–Crippen LogP) is 3.80. The fourth-order valence-corrected chi connectivity index (χ4v) is 4.42. The molecule has 1 fully saturated rings. The largest absolute Gasteiger partial charge is 0.379 e. The molecule has 1 aliphatic heterocycles. The average Bonchev–Trinajstić information content (AvgIpc) is 3.31. The lowest BCUT2D eigenvalue weighted by molar-refractivity contribution is -0.118. The van der Waals surface area contributed by atoms with Crippen molar-refractivity contribution in [1.29, 1.82) is 0 Å². The van der Waals surface area contributed by atoms with Gasteiger partial charge in [-0.05, 0) is 67.3 Å². The number of urea groups is 1. The van der Waals surface area contributed by atoms with Gasteiger partial charge in [-0.25, -0.2) is 9.78 Å². The molecule has 11 heteroatoms. The van der Waals surface area contributed by atoms with Gasteiger partial charge in [0.15, 0.2) is 0 Å². The molecular weight excluding hydrogens is 542 g/mol. The number of ether oxygens (including phenoxy) is 1. The molecule has 1 saturated heterocycles. The molecule has 5 rings (SSSR count). The molecule has 3 amide bonds. The summed E-state index contributed by atoms with van der Waals surface area (Å²) in [5.41, 5.74) is 11.3. The minimum atomic E-state index is -0.610. The number of carbonyl (C=O) groups is 2. The van der Waals surface area contributed by atoms with Crippen LogP contribution in [0.3, 0.4) is 0 Å². The monoisotopic (exact) mass is 581 g/mol. The van der Waals surface area contributed by atoms with E-state index in [4.69, 9.17) is 22.1 Å². The van der Waals surface area contributed by atoms with Crippen molar-refractivity contribution in [3.63, 3.8) is 0 Å². The molecule has 4 N–H and O–H groups in total. The van der Waals surface area contributed by atoms with Crippen LogP contribution in [-0.2, 0) is 23.0 Å². The van der Waals surface area contributed by atoms with Crippen LogP contribution >= 0.6 is 11.6 Å². The quantitative estimate of drug-likeness (QED) is 0.402. The summed E-state index contributed by atoms with van der Waals surface area (Å²) in [6.07, 6.45) is 8.82. The number of carbonyl (C=O) groups excluding carboxylic acids is 2. The van der Waals surface area contributed by atoms with Crippen LogP contribution in [0.15, 0.2) is 49.1 Å². The first kappa shape index (κ1) is 31.8. The van der Waals surface area contributed by atoms with Crippen molar-refractivity contribution in [2.45, 2.75) is 38.8 Å². The number of aromatic nitrogens is 3. The topological polar surface area (TPSA) is 127 Å². The Morgan fingerprint density at radius 1 is 1.24 bits per heavy atom. The highest BCUT2D eigenvalue weighted by Crippen LogP contribution is 2.38. The summed E-state index contributed by atoms with van der Waals surface area (Å²) >= 11 is 6.30. The van der Waals surface area contributed by atoms with E-state index in [1.54, 1.807) is 30.7 Å². The minimum Gasteiger partial charge on any atom is -0.379 e. The zero-order chi connectivity index (χ0) is 30.0. The number of aryl methyl sites for hydroxylation is 1. The van der Waals surface area contributed by atoms with E-state index in [1.165, 1.54) is 0 Å². The summed E-state index contributed by atoms with van der Waals surface area (Å²) in [7, 11) is 3.59. The van der Waals surface area contributed by atoms with Crippen molar-refractivity contribution < 1.29 is 14.3 Å². The fourth-order valence-electron chi connectivity index (χ4n) is 4.25. The number of piperazine rings is 1. The van der Waals surface area contributed by atoms with Crippen LogP contribution in [0.4, 0.5) is 4.79 Å². The molecule has 10 nitrogen and oxygen atoms in total. The highest BCUT2D eigenvalue weighted by Gasteiger charge is 2.27. The lowest BCUT2D eigenvalue weighted by Crippen LogP contribution is -2.42. The molecule has 0 bridgehead atoms. The van der Waals surface area contributed by atoms with Crippen LogP contribution in [-0.4, -0.2) is 70.8 Å². The van der Waals surface area contributed by atoms with Crippen molar-refractivity contribution in [3.05, 3.63) is 82.2 Å². The van der Waals surface area contributed by atoms with Gasteiger partial charge < -0.3 is 30.6 Å². The molecule has 1 aromatic carbocycles. The summed E-state index contributed by atoms with van der Waals surface area (Å²) in [4.78, 5) is 32.3. The van der Waals surface area contributed by atoms with Gasteiger partial charge in [0.2, 0.25) is 6.41 Å². The van der Waals surface area contributed by atoms with Crippen LogP contribution in [0.1, 0.15) is 54.9 Å². The Hall–Kier alpha value is -3.73. The Bertz CT molecular complexity index is 1340. The maximum atomic E-state index is 11.8.